The number of nitrogens with zero attached hydrogens (tertiary/aromatic N) is 1. The number of alkyl carbamates (subject to hydrolysis) is 1. The number of benzene rings is 1. The predicted molar refractivity (Wildman–Crippen MR) is 85.7 cm³/mol. The fourth-order valence-electron chi connectivity index (χ4n) is 1.96. The fraction of sp³-hybridized carbons (Fsp3) is 0.438. The van der Waals surface area contributed by atoms with Crippen LogP contribution in [0.5, 0.6) is 0 Å². The van der Waals surface area contributed by atoms with E-state index in [0.29, 0.717) is 0 Å². The topological polar surface area (TPSA) is 122 Å². The number of ether oxygens (including phenoxy) is 1. The van der Waals surface area contributed by atoms with Crippen molar-refractivity contribution in [2.24, 2.45) is 11.7 Å². The van der Waals surface area contributed by atoms with Crippen LogP contribution in [0.3, 0.4) is 0 Å². The first kappa shape index (κ1) is 19.4. The van der Waals surface area contributed by atoms with E-state index in [9.17, 15) is 19.6 Å². The highest BCUT2D eigenvalue weighted by Crippen LogP contribution is 2.10. The Morgan fingerprint density at radius 1 is 1.25 bits per heavy atom. The van der Waals surface area contributed by atoms with Crippen LogP contribution in [0.1, 0.15) is 25.8 Å². The lowest BCUT2D eigenvalue weighted by Gasteiger charge is -2.24. The second kappa shape index (κ2) is 9.51. The fourth-order valence-corrected chi connectivity index (χ4v) is 1.96. The molecule has 4 N–H and O–H groups in total. The number of hydrogen-bond acceptors (Lipinski definition) is 5. The van der Waals surface area contributed by atoms with Crippen LogP contribution in [0.2, 0.25) is 0 Å². The van der Waals surface area contributed by atoms with Crippen molar-refractivity contribution in [2.75, 3.05) is 6.54 Å². The van der Waals surface area contributed by atoms with Crippen LogP contribution >= 0.6 is 0 Å². The maximum absolute atomic E-state index is 11.8. The molecule has 0 radical (unpaired) electrons. The van der Waals surface area contributed by atoms with Gasteiger partial charge in [0.05, 0.1) is 0 Å². The zero-order chi connectivity index (χ0) is 18.1. The minimum atomic E-state index is -1.14. The summed E-state index contributed by atoms with van der Waals surface area (Å²) in [5.74, 6) is -1.61. The molecule has 1 aromatic rings. The molecule has 1 aromatic carbocycles. The molecule has 0 aromatic heterocycles. The van der Waals surface area contributed by atoms with Gasteiger partial charge in [0.2, 0.25) is 5.91 Å². The molecule has 1 atom stereocenters. The second-order valence-corrected chi connectivity index (χ2v) is 5.70. The Bertz CT molecular complexity index is 562. The number of carbonyl (C=O) groups is 3. The third-order valence-corrected chi connectivity index (χ3v) is 3.17. The summed E-state index contributed by atoms with van der Waals surface area (Å²) in [4.78, 5) is 34.7. The van der Waals surface area contributed by atoms with Crippen molar-refractivity contribution < 1.29 is 24.3 Å². The molecule has 0 fully saturated rings. The molecular formula is C16H23N3O5. The molecule has 1 unspecified atom stereocenters. The Labute approximate surface area is 140 Å². The van der Waals surface area contributed by atoms with Crippen molar-refractivity contribution in [3.8, 4) is 0 Å². The number of amides is 3. The maximum Gasteiger partial charge on any atom is 0.407 e. The third kappa shape index (κ3) is 6.66. The molecular weight excluding hydrogens is 314 g/mol. The van der Waals surface area contributed by atoms with Crippen LogP contribution in [-0.2, 0) is 20.9 Å². The van der Waals surface area contributed by atoms with Gasteiger partial charge in [-0.25, -0.2) is 9.86 Å². The Hall–Kier alpha value is -2.61. The number of rotatable bonds is 8. The summed E-state index contributed by atoms with van der Waals surface area (Å²) in [6, 6.07) is 7.89. The molecule has 0 spiro atoms. The predicted octanol–water partition coefficient (Wildman–Crippen LogP) is 1.03. The third-order valence-electron chi connectivity index (χ3n) is 3.17. The van der Waals surface area contributed by atoms with E-state index < -0.39 is 30.5 Å². The molecule has 0 saturated carbocycles. The monoisotopic (exact) mass is 337 g/mol. The number of hydrogen-bond donors (Lipinski definition) is 3. The van der Waals surface area contributed by atoms with Gasteiger partial charge in [-0.15, -0.1) is 0 Å². The average molecular weight is 337 g/mol. The largest absolute Gasteiger partial charge is 0.445 e. The standard InChI is InChI=1S/C16H23N3O5/c1-11(2)8-13(15(17)21)19(23)14(20)9-18-16(22)24-10-12-6-4-3-5-7-12/h3-7,11,13,23H,8-10H2,1-2H3,(H2,17,21)(H,18,22). The van der Waals surface area contributed by atoms with Crippen molar-refractivity contribution in [1.82, 2.24) is 10.4 Å². The minimum Gasteiger partial charge on any atom is -0.445 e. The Morgan fingerprint density at radius 3 is 2.42 bits per heavy atom. The molecule has 132 valence electrons. The van der Waals surface area contributed by atoms with Crippen molar-refractivity contribution in [3.63, 3.8) is 0 Å². The first-order valence-corrected chi connectivity index (χ1v) is 7.56. The number of nitrogens with two attached hydrogens (primary N) is 1. The smallest absolute Gasteiger partial charge is 0.407 e. The van der Waals surface area contributed by atoms with E-state index in [0.717, 1.165) is 5.56 Å². The average Bonchev–Trinajstić information content (AvgIpc) is 2.55. The summed E-state index contributed by atoms with van der Waals surface area (Å²) < 4.78 is 4.94. The summed E-state index contributed by atoms with van der Waals surface area (Å²) >= 11 is 0. The van der Waals surface area contributed by atoms with Gasteiger partial charge in [0.25, 0.3) is 5.91 Å². The summed E-state index contributed by atoms with van der Waals surface area (Å²) in [5, 5.41) is 12.3. The molecule has 0 bridgehead atoms. The van der Waals surface area contributed by atoms with Gasteiger partial charge < -0.3 is 15.8 Å². The van der Waals surface area contributed by atoms with Gasteiger partial charge in [-0.3, -0.25) is 14.8 Å². The summed E-state index contributed by atoms with van der Waals surface area (Å²) in [7, 11) is 0. The van der Waals surface area contributed by atoms with Crippen molar-refractivity contribution in [2.45, 2.75) is 32.9 Å². The van der Waals surface area contributed by atoms with Crippen LogP contribution in [0.25, 0.3) is 0 Å². The van der Waals surface area contributed by atoms with Gasteiger partial charge in [-0.2, -0.15) is 0 Å². The highest BCUT2D eigenvalue weighted by atomic mass is 16.5. The van der Waals surface area contributed by atoms with Gasteiger partial charge in [0, 0.05) is 0 Å². The molecule has 0 saturated heterocycles. The normalized spacial score (nSPS) is 11.7. The Balaban J connectivity index is 2.43. The maximum atomic E-state index is 11.8. The lowest BCUT2D eigenvalue weighted by Crippen LogP contribution is -2.49. The molecule has 1 rings (SSSR count). The van der Waals surface area contributed by atoms with Crippen LogP contribution < -0.4 is 11.1 Å². The summed E-state index contributed by atoms with van der Waals surface area (Å²) in [5.41, 5.74) is 5.99. The van der Waals surface area contributed by atoms with Crippen LogP contribution in [0.15, 0.2) is 30.3 Å². The van der Waals surface area contributed by atoms with E-state index in [1.165, 1.54) is 0 Å². The van der Waals surface area contributed by atoms with Crippen molar-refractivity contribution in [1.29, 1.82) is 0 Å². The van der Waals surface area contributed by atoms with Gasteiger partial charge in [-0.1, -0.05) is 44.2 Å². The summed E-state index contributed by atoms with van der Waals surface area (Å²) in [6.45, 7) is 3.20. The van der Waals surface area contributed by atoms with E-state index in [4.69, 9.17) is 10.5 Å². The van der Waals surface area contributed by atoms with Crippen LogP contribution in [-0.4, -0.2) is 40.8 Å². The number of nitrogens with one attached hydrogen (secondary N) is 1. The minimum absolute atomic E-state index is 0.0498. The molecule has 0 aliphatic heterocycles. The second-order valence-electron chi connectivity index (χ2n) is 5.70. The van der Waals surface area contributed by atoms with Gasteiger partial charge in [0.15, 0.2) is 0 Å². The number of carbonyl (C=O) groups excluding carboxylic acids is 3. The number of primary amides is 1. The van der Waals surface area contributed by atoms with E-state index in [2.05, 4.69) is 5.32 Å². The highest BCUT2D eigenvalue weighted by Gasteiger charge is 2.28. The highest BCUT2D eigenvalue weighted by molar-refractivity contribution is 5.87. The first-order chi connectivity index (χ1) is 11.3. The molecule has 0 heterocycles. The zero-order valence-corrected chi connectivity index (χ0v) is 13.8. The molecule has 0 aliphatic carbocycles. The quantitative estimate of drug-likeness (QED) is 0.483. The zero-order valence-electron chi connectivity index (χ0n) is 13.8. The Morgan fingerprint density at radius 2 is 1.88 bits per heavy atom. The van der Waals surface area contributed by atoms with E-state index in [-0.39, 0.29) is 24.0 Å². The molecule has 24 heavy (non-hydrogen) atoms. The number of hydroxylamine groups is 2. The first-order valence-electron chi connectivity index (χ1n) is 7.56. The SMILES string of the molecule is CC(C)CC(C(N)=O)N(O)C(=O)CNC(=O)OCc1ccccc1. The molecule has 0 aliphatic rings. The Kier molecular flexibility index (Phi) is 7.70. The van der Waals surface area contributed by atoms with Crippen LogP contribution in [0.4, 0.5) is 4.79 Å². The van der Waals surface area contributed by atoms with Gasteiger partial charge in [-0.05, 0) is 17.9 Å². The molecule has 8 nitrogen and oxygen atoms in total. The van der Waals surface area contributed by atoms with E-state index in [1.807, 2.05) is 32.0 Å². The lowest BCUT2D eigenvalue weighted by atomic mass is 10.0. The van der Waals surface area contributed by atoms with Gasteiger partial charge >= 0.3 is 6.09 Å². The molecule has 8 heteroatoms. The summed E-state index contributed by atoms with van der Waals surface area (Å²) in [6.07, 6.45) is -0.587. The van der Waals surface area contributed by atoms with Gasteiger partial charge in [0.1, 0.15) is 19.2 Å². The van der Waals surface area contributed by atoms with Crippen LogP contribution in [0, 0.1) is 5.92 Å². The van der Waals surface area contributed by atoms with Crippen molar-refractivity contribution >= 4 is 17.9 Å². The van der Waals surface area contributed by atoms with Crippen molar-refractivity contribution in [3.05, 3.63) is 35.9 Å². The van der Waals surface area contributed by atoms with E-state index >= 15 is 0 Å². The lowest BCUT2D eigenvalue weighted by molar-refractivity contribution is -0.179. The molecule has 3 amide bonds. The van der Waals surface area contributed by atoms with E-state index in [1.54, 1.807) is 12.1 Å².